The molecule has 5 N–H and O–H groups in total. The van der Waals surface area contributed by atoms with Crippen LogP contribution in [0.1, 0.15) is 51.1 Å². The summed E-state index contributed by atoms with van der Waals surface area (Å²) in [4.78, 5) is 14.8. The first-order chi connectivity index (χ1) is 14.6. The van der Waals surface area contributed by atoms with Gasteiger partial charge in [-0.25, -0.2) is 15.4 Å². The summed E-state index contributed by atoms with van der Waals surface area (Å²) in [5.41, 5.74) is 15.4. The van der Waals surface area contributed by atoms with Gasteiger partial charge in [0.2, 0.25) is 0 Å². The number of nitrogens with one attached hydrogen (secondary N) is 3. The van der Waals surface area contributed by atoms with E-state index in [-0.39, 0.29) is 11.8 Å². The molecule has 160 valence electrons. The Bertz CT molecular complexity index is 990. The van der Waals surface area contributed by atoms with Crippen molar-refractivity contribution in [3.8, 4) is 0 Å². The lowest BCUT2D eigenvalue weighted by Gasteiger charge is -2.37. The Morgan fingerprint density at radius 3 is 2.83 bits per heavy atom. The van der Waals surface area contributed by atoms with Gasteiger partial charge in [0.05, 0.1) is 12.8 Å². The highest BCUT2D eigenvalue weighted by molar-refractivity contribution is 5.82. The van der Waals surface area contributed by atoms with Crippen LogP contribution < -0.4 is 21.5 Å². The number of H-pyrrole nitrogens is 1. The molecular weight excluding hydrogens is 378 g/mol. The van der Waals surface area contributed by atoms with Gasteiger partial charge in [-0.1, -0.05) is 26.0 Å². The van der Waals surface area contributed by atoms with Crippen LogP contribution in [0.5, 0.6) is 0 Å². The number of aromatic amines is 1. The summed E-state index contributed by atoms with van der Waals surface area (Å²) >= 11 is 0. The summed E-state index contributed by atoms with van der Waals surface area (Å²) in [5.74, 6) is 1.60. The van der Waals surface area contributed by atoms with E-state index in [1.807, 2.05) is 32.3 Å². The van der Waals surface area contributed by atoms with Crippen LogP contribution in [0.3, 0.4) is 0 Å². The lowest BCUT2D eigenvalue weighted by Crippen LogP contribution is -2.48. The Labute approximate surface area is 177 Å². The predicted molar refractivity (Wildman–Crippen MR) is 120 cm³/mol. The normalized spacial score (nSPS) is 19.7. The number of hydrogen-bond donors (Lipinski definition) is 4. The molecule has 1 atom stereocenters. The largest absolute Gasteiger partial charge is 0.361 e. The van der Waals surface area contributed by atoms with Gasteiger partial charge < -0.3 is 25.8 Å². The highest BCUT2D eigenvalue weighted by Crippen LogP contribution is 2.30. The molecule has 1 fully saturated rings. The summed E-state index contributed by atoms with van der Waals surface area (Å²) in [7, 11) is 0. The van der Waals surface area contributed by atoms with Gasteiger partial charge in [-0.15, -0.1) is 0 Å². The van der Waals surface area contributed by atoms with Crippen molar-refractivity contribution in [2.75, 3.05) is 23.4 Å². The number of piperidine rings is 1. The van der Waals surface area contributed by atoms with Crippen molar-refractivity contribution in [3.05, 3.63) is 47.9 Å². The molecule has 0 aliphatic carbocycles. The molecule has 8 nitrogen and oxygen atoms in total. The molecule has 1 unspecified atom stereocenters. The van der Waals surface area contributed by atoms with Gasteiger partial charge in [0.15, 0.2) is 12.0 Å². The molecule has 0 saturated carbocycles. The number of hydrazine groups is 1. The zero-order chi connectivity index (χ0) is 21.1. The van der Waals surface area contributed by atoms with Crippen molar-refractivity contribution in [3.63, 3.8) is 0 Å². The van der Waals surface area contributed by atoms with Crippen LogP contribution in [-0.2, 0) is 11.3 Å². The fraction of sp³-hybridized carbons (Fsp3) is 0.455. The van der Waals surface area contributed by atoms with Crippen LogP contribution in [0.4, 0.5) is 11.6 Å². The third-order valence-electron chi connectivity index (χ3n) is 5.68. The van der Waals surface area contributed by atoms with E-state index in [0.29, 0.717) is 6.61 Å². The molecule has 2 aliphatic heterocycles. The van der Waals surface area contributed by atoms with Crippen molar-refractivity contribution in [2.24, 2.45) is 5.73 Å². The van der Waals surface area contributed by atoms with E-state index < -0.39 is 0 Å². The number of aromatic nitrogens is 3. The number of fused-ring (bicyclic) bond motifs is 2. The number of ether oxygens (including phenoxy) is 1. The van der Waals surface area contributed by atoms with Crippen LogP contribution in [0, 0.1) is 0 Å². The molecule has 5 rings (SSSR count). The number of anilines is 2. The van der Waals surface area contributed by atoms with Gasteiger partial charge in [0.1, 0.15) is 11.5 Å². The van der Waals surface area contributed by atoms with Crippen molar-refractivity contribution < 1.29 is 4.74 Å². The first-order valence-electron chi connectivity index (χ1n) is 10.7. The minimum absolute atomic E-state index is 0.0816. The lowest BCUT2D eigenvalue weighted by molar-refractivity contribution is 0.0254. The van der Waals surface area contributed by atoms with Crippen molar-refractivity contribution in [1.82, 2.24) is 20.4 Å². The van der Waals surface area contributed by atoms with Crippen molar-refractivity contribution in [1.29, 1.82) is 0 Å². The van der Waals surface area contributed by atoms with E-state index >= 15 is 0 Å². The third kappa shape index (κ3) is 4.12. The summed E-state index contributed by atoms with van der Waals surface area (Å²) in [5, 5.41) is 1.17. The van der Waals surface area contributed by atoms with Crippen LogP contribution >= 0.6 is 0 Å². The zero-order valence-corrected chi connectivity index (χ0v) is 17.9. The lowest BCUT2D eigenvalue weighted by atomic mass is 9.91. The van der Waals surface area contributed by atoms with Crippen LogP contribution in [-0.4, -0.2) is 33.6 Å². The molecule has 8 heteroatoms. The van der Waals surface area contributed by atoms with Gasteiger partial charge in [-0.2, -0.15) is 0 Å². The second-order valence-electron chi connectivity index (χ2n) is 7.92. The molecule has 3 aromatic rings. The van der Waals surface area contributed by atoms with E-state index in [1.165, 1.54) is 5.39 Å². The van der Waals surface area contributed by atoms with Gasteiger partial charge in [-0.05, 0) is 37.5 Å². The molecule has 0 bridgehead atoms. The Balaban J connectivity index is 0.00000106. The molecule has 0 spiro atoms. The van der Waals surface area contributed by atoms with Crippen LogP contribution in [0.25, 0.3) is 10.9 Å². The van der Waals surface area contributed by atoms with Crippen molar-refractivity contribution in [2.45, 2.75) is 52.0 Å². The summed E-state index contributed by atoms with van der Waals surface area (Å²) in [6, 6.07) is 8.24. The van der Waals surface area contributed by atoms with Crippen molar-refractivity contribution >= 4 is 22.5 Å². The van der Waals surface area contributed by atoms with Crippen LogP contribution in [0.15, 0.2) is 36.7 Å². The molecule has 0 amide bonds. The average molecular weight is 410 g/mol. The monoisotopic (exact) mass is 409 g/mol. The average Bonchev–Trinajstić information content (AvgIpc) is 3.40. The van der Waals surface area contributed by atoms with E-state index in [4.69, 9.17) is 15.5 Å². The van der Waals surface area contributed by atoms with Crippen LogP contribution in [0.2, 0.25) is 0 Å². The Kier molecular flexibility index (Phi) is 5.90. The zero-order valence-electron chi connectivity index (χ0n) is 17.9. The van der Waals surface area contributed by atoms with E-state index in [0.717, 1.165) is 54.3 Å². The number of rotatable bonds is 4. The van der Waals surface area contributed by atoms with Gasteiger partial charge >= 0.3 is 0 Å². The number of hydrogen-bond acceptors (Lipinski definition) is 7. The first kappa shape index (κ1) is 20.6. The second-order valence-corrected chi connectivity index (χ2v) is 7.92. The molecule has 4 heterocycles. The Morgan fingerprint density at radius 2 is 2.03 bits per heavy atom. The van der Waals surface area contributed by atoms with E-state index in [1.54, 1.807) is 0 Å². The maximum Gasteiger partial charge on any atom is 0.171 e. The third-order valence-corrected chi connectivity index (χ3v) is 5.68. The minimum Gasteiger partial charge on any atom is -0.361 e. The quantitative estimate of drug-likeness (QED) is 0.523. The van der Waals surface area contributed by atoms with E-state index in [2.05, 4.69) is 50.8 Å². The van der Waals surface area contributed by atoms with E-state index in [9.17, 15) is 0 Å². The molecule has 30 heavy (non-hydrogen) atoms. The smallest absolute Gasteiger partial charge is 0.171 e. The summed E-state index contributed by atoms with van der Waals surface area (Å²) < 4.78 is 6.09. The van der Waals surface area contributed by atoms with Gasteiger partial charge in [0.25, 0.3) is 0 Å². The highest BCUT2D eigenvalue weighted by Gasteiger charge is 2.29. The highest BCUT2D eigenvalue weighted by atomic mass is 16.5. The summed E-state index contributed by atoms with van der Waals surface area (Å²) in [6.07, 6.45) is 5.34. The van der Waals surface area contributed by atoms with Gasteiger partial charge in [-0.3, -0.25) is 0 Å². The molecule has 2 aromatic heterocycles. The number of nitrogens with zero attached hydrogens (tertiary/aromatic N) is 3. The van der Waals surface area contributed by atoms with Gasteiger partial charge in [0, 0.05) is 35.7 Å². The topological polar surface area (TPSA) is 104 Å². The first-order valence-corrected chi connectivity index (χ1v) is 10.7. The number of nitrogens with two attached hydrogens (primary N) is 1. The Morgan fingerprint density at radius 1 is 1.23 bits per heavy atom. The predicted octanol–water partition coefficient (Wildman–Crippen LogP) is 3.45. The standard InChI is InChI=1S/C20H25N7O.C2H6/c1-20(21)6-9-27(10-7-20)16-11-23-17-18(24-16)25-26-19(17)28-12-13-3-2-4-15-14(13)5-8-22-15;1-2/h2-5,8,11,19,22,26H,6-7,9-10,12,21H2,1H3,(H,24,25);1-2H3. The Hall–Kier alpha value is -2.68. The molecular formula is C22H31N7O. The second kappa shape index (κ2) is 8.59. The summed E-state index contributed by atoms with van der Waals surface area (Å²) in [6.45, 7) is 8.39. The molecule has 0 radical (unpaired) electrons. The fourth-order valence-corrected chi connectivity index (χ4v) is 3.84. The minimum atomic E-state index is -0.334. The molecule has 2 aliphatic rings. The molecule has 1 aromatic carbocycles. The maximum atomic E-state index is 6.23. The fourth-order valence-electron chi connectivity index (χ4n) is 3.84. The number of benzene rings is 1. The molecule has 1 saturated heterocycles. The SMILES string of the molecule is CC.CC1(N)CCN(c2cnc3c(n2)NNC3OCc2cccc3[nH]ccc23)CC1. The maximum absolute atomic E-state index is 6.23.